The monoisotopic (exact) mass is 336 g/mol. The Hall–Kier alpha value is -0.780. The van der Waals surface area contributed by atoms with E-state index in [1.807, 2.05) is 28.9 Å². The minimum absolute atomic E-state index is 0. The van der Waals surface area contributed by atoms with Crippen LogP contribution in [-0.2, 0) is 11.3 Å². The van der Waals surface area contributed by atoms with Crippen LogP contribution in [0.25, 0.3) is 0 Å². The van der Waals surface area contributed by atoms with Crippen molar-refractivity contribution in [1.82, 2.24) is 14.7 Å². The highest BCUT2D eigenvalue weighted by Crippen LogP contribution is 2.27. The minimum atomic E-state index is 0. The summed E-state index contributed by atoms with van der Waals surface area (Å²) in [5, 5.41) is 4.20. The molecular weight excluding hydrogens is 311 g/mol. The van der Waals surface area contributed by atoms with E-state index in [-0.39, 0.29) is 42.2 Å². The van der Waals surface area contributed by atoms with Crippen molar-refractivity contribution in [2.45, 2.75) is 46.2 Å². The number of aromatic nitrogens is 2. The van der Waals surface area contributed by atoms with Gasteiger partial charge in [-0.05, 0) is 24.3 Å². The van der Waals surface area contributed by atoms with Crippen LogP contribution in [-0.4, -0.2) is 39.7 Å². The summed E-state index contributed by atoms with van der Waals surface area (Å²) >= 11 is 0. The quantitative estimate of drug-likeness (QED) is 0.918. The number of hydrogen-bond acceptors (Lipinski definition) is 3. The van der Waals surface area contributed by atoms with Gasteiger partial charge < -0.3 is 10.6 Å². The third kappa shape index (κ3) is 5.16. The van der Waals surface area contributed by atoms with Gasteiger partial charge in [-0.2, -0.15) is 5.10 Å². The lowest BCUT2D eigenvalue weighted by Gasteiger charge is -2.42. The van der Waals surface area contributed by atoms with Crippen LogP contribution in [0.3, 0.4) is 0 Å². The molecule has 0 aromatic carbocycles. The number of amides is 1. The fourth-order valence-corrected chi connectivity index (χ4v) is 2.54. The average molecular weight is 337 g/mol. The fourth-order valence-electron chi connectivity index (χ4n) is 2.54. The molecule has 2 heterocycles. The molecule has 7 heteroatoms. The van der Waals surface area contributed by atoms with Gasteiger partial charge in [-0.1, -0.05) is 13.8 Å². The first-order chi connectivity index (χ1) is 8.88. The van der Waals surface area contributed by atoms with Crippen LogP contribution in [0.15, 0.2) is 12.4 Å². The number of aryl methyl sites for hydroxylation is 2. The molecule has 0 radical (unpaired) electrons. The number of nitrogens with two attached hydrogens (primary N) is 1. The van der Waals surface area contributed by atoms with Gasteiger partial charge in [-0.15, -0.1) is 24.8 Å². The molecule has 1 unspecified atom stereocenters. The zero-order valence-electron chi connectivity index (χ0n) is 12.9. The fraction of sp³-hybridized carbons (Fsp3) is 0.714. The van der Waals surface area contributed by atoms with E-state index < -0.39 is 0 Å². The highest BCUT2D eigenvalue weighted by atomic mass is 35.5. The summed E-state index contributed by atoms with van der Waals surface area (Å²) in [6.45, 7) is 8.45. The lowest BCUT2D eigenvalue weighted by Crippen LogP contribution is -2.54. The summed E-state index contributed by atoms with van der Waals surface area (Å²) < 4.78 is 1.83. The Labute approximate surface area is 139 Å². The first kappa shape index (κ1) is 20.2. The maximum absolute atomic E-state index is 12.2. The lowest BCUT2D eigenvalue weighted by molar-refractivity contribution is -0.134. The molecule has 1 aliphatic rings. The smallest absolute Gasteiger partial charge is 0.224 e. The number of nitrogens with zero attached hydrogens (tertiary/aromatic N) is 3. The largest absolute Gasteiger partial charge is 0.342 e. The molecule has 0 aliphatic carbocycles. The van der Waals surface area contributed by atoms with Crippen molar-refractivity contribution in [1.29, 1.82) is 0 Å². The van der Waals surface area contributed by atoms with E-state index in [9.17, 15) is 4.79 Å². The van der Waals surface area contributed by atoms with E-state index in [1.54, 1.807) is 0 Å². The Morgan fingerprint density at radius 1 is 1.48 bits per heavy atom. The average Bonchev–Trinajstić information content (AvgIpc) is 2.75. The molecule has 5 nitrogen and oxygen atoms in total. The second-order valence-electron chi connectivity index (χ2n) is 6.23. The van der Waals surface area contributed by atoms with Gasteiger partial charge in [0.15, 0.2) is 0 Å². The van der Waals surface area contributed by atoms with E-state index >= 15 is 0 Å². The number of rotatable bonds is 3. The Bertz CT molecular complexity index is 462. The molecule has 0 bridgehead atoms. The minimum Gasteiger partial charge on any atom is -0.342 e. The van der Waals surface area contributed by atoms with Crippen molar-refractivity contribution >= 4 is 30.7 Å². The number of likely N-dealkylation sites (tertiary alicyclic amines) is 1. The van der Waals surface area contributed by atoms with E-state index in [0.717, 1.165) is 25.1 Å². The molecule has 1 aromatic rings. The van der Waals surface area contributed by atoms with Crippen molar-refractivity contribution < 1.29 is 4.79 Å². The molecule has 21 heavy (non-hydrogen) atoms. The van der Waals surface area contributed by atoms with E-state index in [1.165, 1.54) is 0 Å². The second-order valence-corrected chi connectivity index (χ2v) is 6.23. The molecule has 2 N–H and O–H groups in total. The van der Waals surface area contributed by atoms with Crippen molar-refractivity contribution in [2.24, 2.45) is 11.1 Å². The van der Waals surface area contributed by atoms with Crippen LogP contribution in [0.1, 0.15) is 32.3 Å². The molecule has 1 atom stereocenters. The van der Waals surface area contributed by atoms with Crippen LogP contribution in [0.4, 0.5) is 0 Å². The summed E-state index contributed by atoms with van der Waals surface area (Å²) in [5.74, 6) is 0.202. The zero-order valence-corrected chi connectivity index (χ0v) is 14.5. The molecule has 0 spiro atoms. The van der Waals surface area contributed by atoms with Crippen LogP contribution in [0, 0.1) is 12.3 Å². The highest BCUT2D eigenvalue weighted by Gasteiger charge is 2.34. The summed E-state index contributed by atoms with van der Waals surface area (Å²) in [5.41, 5.74) is 7.22. The molecule has 1 aliphatic heterocycles. The normalized spacial score (nSPS) is 20.4. The molecule has 1 fully saturated rings. The van der Waals surface area contributed by atoms with Gasteiger partial charge in [0, 0.05) is 38.3 Å². The molecule has 1 saturated heterocycles. The first-order valence-corrected chi connectivity index (χ1v) is 6.91. The van der Waals surface area contributed by atoms with Gasteiger partial charge in [-0.25, -0.2) is 0 Å². The van der Waals surface area contributed by atoms with Gasteiger partial charge in [0.1, 0.15) is 0 Å². The molecule has 2 rings (SSSR count). The maximum Gasteiger partial charge on any atom is 0.224 e. The van der Waals surface area contributed by atoms with E-state index in [4.69, 9.17) is 5.73 Å². The first-order valence-electron chi connectivity index (χ1n) is 6.91. The number of carbonyl (C=O) groups is 1. The molecular formula is C14H26Cl2N4O. The van der Waals surface area contributed by atoms with Gasteiger partial charge in [0.2, 0.25) is 5.91 Å². The number of piperidine rings is 1. The molecule has 0 saturated carbocycles. The Morgan fingerprint density at radius 3 is 2.67 bits per heavy atom. The van der Waals surface area contributed by atoms with Crippen molar-refractivity contribution in [3.8, 4) is 0 Å². The summed E-state index contributed by atoms with van der Waals surface area (Å²) in [6.07, 6.45) is 5.17. The predicted molar refractivity (Wildman–Crippen MR) is 89.0 cm³/mol. The van der Waals surface area contributed by atoms with E-state index in [0.29, 0.717) is 13.0 Å². The molecule has 1 amide bonds. The maximum atomic E-state index is 12.2. The highest BCUT2D eigenvalue weighted by molar-refractivity contribution is 5.85. The summed E-state index contributed by atoms with van der Waals surface area (Å²) in [6, 6.07) is 0.185. The predicted octanol–water partition coefficient (Wildman–Crippen LogP) is 2.01. The topological polar surface area (TPSA) is 64.2 Å². The van der Waals surface area contributed by atoms with Crippen LogP contribution < -0.4 is 5.73 Å². The molecule has 122 valence electrons. The number of carbonyl (C=O) groups excluding carboxylic acids is 1. The Kier molecular flexibility index (Phi) is 7.71. The lowest BCUT2D eigenvalue weighted by atomic mass is 9.79. The van der Waals surface area contributed by atoms with Gasteiger partial charge in [0.05, 0.1) is 6.20 Å². The van der Waals surface area contributed by atoms with Gasteiger partial charge in [-0.3, -0.25) is 9.48 Å². The summed E-state index contributed by atoms with van der Waals surface area (Å²) in [7, 11) is 0. The third-order valence-electron chi connectivity index (χ3n) is 3.98. The SMILES string of the molecule is Cc1cnn(CCC(=O)N2CCC(N)C(C)(C)C2)c1.Cl.Cl. The van der Waals surface area contributed by atoms with Crippen molar-refractivity contribution in [2.75, 3.05) is 13.1 Å². The van der Waals surface area contributed by atoms with Crippen molar-refractivity contribution in [3.05, 3.63) is 18.0 Å². The zero-order chi connectivity index (χ0) is 14.0. The number of halogens is 2. The van der Waals surface area contributed by atoms with E-state index in [2.05, 4.69) is 18.9 Å². The Balaban J connectivity index is 0.00000200. The standard InChI is InChI=1S/C14H24N4O.2ClH/c1-11-8-16-18(9-11)7-5-13(19)17-6-4-12(15)14(2,3)10-17;;/h8-9,12H,4-7,10,15H2,1-3H3;2*1H. The second kappa shape index (κ2) is 8.01. The third-order valence-corrected chi connectivity index (χ3v) is 3.98. The number of hydrogen-bond donors (Lipinski definition) is 1. The van der Waals surface area contributed by atoms with Gasteiger partial charge in [0.25, 0.3) is 0 Å². The summed E-state index contributed by atoms with van der Waals surface area (Å²) in [4.78, 5) is 14.2. The Morgan fingerprint density at radius 2 is 2.14 bits per heavy atom. The van der Waals surface area contributed by atoms with Crippen LogP contribution in [0.2, 0.25) is 0 Å². The van der Waals surface area contributed by atoms with Crippen LogP contribution >= 0.6 is 24.8 Å². The van der Waals surface area contributed by atoms with Gasteiger partial charge >= 0.3 is 0 Å². The van der Waals surface area contributed by atoms with Crippen molar-refractivity contribution in [3.63, 3.8) is 0 Å². The van der Waals surface area contributed by atoms with Crippen LogP contribution in [0.5, 0.6) is 0 Å². The molecule has 1 aromatic heterocycles.